The number of hydrogen-bond acceptors (Lipinski definition) is 5. The summed E-state index contributed by atoms with van der Waals surface area (Å²) in [6.07, 6.45) is 0.554. The van der Waals surface area contributed by atoms with Gasteiger partial charge in [0, 0.05) is 32.2 Å². The number of carbonyl (C=O) groups is 2. The second kappa shape index (κ2) is 7.83. The smallest absolute Gasteiger partial charge is 0.283 e. The number of amides is 2. The molecule has 0 unspecified atom stereocenters. The topological polar surface area (TPSA) is 83.8 Å². The molecular weight excluding hydrogens is 373 g/mol. The van der Waals surface area contributed by atoms with Gasteiger partial charge < -0.3 is 9.80 Å². The first kappa shape index (κ1) is 19.0. The molecule has 142 valence electrons. The lowest BCUT2D eigenvalue weighted by Crippen LogP contribution is -2.37. The van der Waals surface area contributed by atoms with Crippen LogP contribution in [0.5, 0.6) is 0 Å². The maximum Gasteiger partial charge on any atom is 0.283 e. The summed E-state index contributed by atoms with van der Waals surface area (Å²) in [5, 5.41) is 11.0. The first-order chi connectivity index (χ1) is 12.9. The maximum atomic E-state index is 13.9. The number of nitrogens with zero attached hydrogens (tertiary/aromatic N) is 3. The number of thiophene rings is 1. The monoisotopic (exact) mass is 391 g/mol. The van der Waals surface area contributed by atoms with Crippen LogP contribution in [-0.4, -0.2) is 52.7 Å². The fraction of sp³-hybridized carbons (Fsp3) is 0.333. The summed E-state index contributed by atoms with van der Waals surface area (Å²) >= 11 is 1.09. The molecule has 0 spiro atoms. The van der Waals surface area contributed by atoms with Crippen LogP contribution in [0.15, 0.2) is 30.3 Å². The number of aryl methyl sites for hydroxylation is 1. The first-order valence-electron chi connectivity index (χ1n) is 8.46. The molecule has 0 radical (unpaired) electrons. The molecule has 0 bridgehead atoms. The third-order valence-electron chi connectivity index (χ3n) is 4.47. The van der Waals surface area contributed by atoms with Crippen molar-refractivity contribution in [3.8, 4) is 0 Å². The van der Waals surface area contributed by atoms with Crippen LogP contribution in [0.3, 0.4) is 0 Å². The molecule has 2 aromatic rings. The molecule has 27 heavy (non-hydrogen) atoms. The van der Waals surface area contributed by atoms with Gasteiger partial charge in [0.2, 0.25) is 0 Å². The Morgan fingerprint density at radius 3 is 2.33 bits per heavy atom. The fourth-order valence-corrected chi connectivity index (χ4v) is 4.00. The summed E-state index contributed by atoms with van der Waals surface area (Å²) in [5.74, 6) is -1.25. The second-order valence-electron chi connectivity index (χ2n) is 6.23. The Bertz CT molecular complexity index is 898. The average molecular weight is 391 g/mol. The van der Waals surface area contributed by atoms with E-state index in [2.05, 4.69) is 0 Å². The second-order valence-corrected chi connectivity index (χ2v) is 7.48. The van der Waals surface area contributed by atoms with Crippen molar-refractivity contribution >= 4 is 28.8 Å². The minimum Gasteiger partial charge on any atom is -0.337 e. The van der Waals surface area contributed by atoms with Crippen molar-refractivity contribution in [3.05, 3.63) is 61.6 Å². The number of benzene rings is 1. The molecule has 0 atom stereocenters. The normalized spacial score (nSPS) is 14.7. The summed E-state index contributed by atoms with van der Waals surface area (Å²) in [6.45, 7) is 3.04. The lowest BCUT2D eigenvalue weighted by atomic mass is 10.2. The van der Waals surface area contributed by atoms with Crippen molar-refractivity contribution in [1.29, 1.82) is 0 Å². The van der Waals surface area contributed by atoms with Crippen LogP contribution in [0, 0.1) is 22.9 Å². The van der Waals surface area contributed by atoms with E-state index in [1.165, 1.54) is 29.2 Å². The SMILES string of the molecule is Cc1sc(C(=O)N2CCCN(C(=O)c3ccccc3F)CC2)cc1[N+](=O)[O-]. The summed E-state index contributed by atoms with van der Waals surface area (Å²) in [7, 11) is 0. The molecule has 7 nitrogen and oxygen atoms in total. The van der Waals surface area contributed by atoms with Crippen LogP contribution < -0.4 is 0 Å². The van der Waals surface area contributed by atoms with Crippen LogP contribution in [-0.2, 0) is 0 Å². The fourth-order valence-electron chi connectivity index (χ4n) is 3.04. The Kier molecular flexibility index (Phi) is 5.50. The Balaban J connectivity index is 1.70. The molecule has 1 saturated heterocycles. The average Bonchev–Trinajstić information content (AvgIpc) is 2.88. The van der Waals surface area contributed by atoms with Crippen LogP contribution in [0.4, 0.5) is 10.1 Å². The van der Waals surface area contributed by atoms with Gasteiger partial charge in [0.1, 0.15) is 5.82 Å². The molecule has 9 heteroatoms. The molecule has 2 heterocycles. The van der Waals surface area contributed by atoms with Crippen LogP contribution >= 0.6 is 11.3 Å². The number of hydrogen-bond donors (Lipinski definition) is 0. The zero-order valence-corrected chi connectivity index (χ0v) is 15.5. The Morgan fingerprint density at radius 1 is 1.11 bits per heavy atom. The molecule has 0 saturated carbocycles. The van der Waals surface area contributed by atoms with Crippen molar-refractivity contribution in [1.82, 2.24) is 9.80 Å². The third kappa shape index (κ3) is 3.97. The summed E-state index contributed by atoms with van der Waals surface area (Å²) in [4.78, 5) is 39.6. The van der Waals surface area contributed by atoms with Gasteiger partial charge in [-0.05, 0) is 25.5 Å². The molecule has 3 rings (SSSR count). The standard InChI is InChI=1S/C18H18FN3O4S/c1-12-15(22(25)26)11-16(27-12)18(24)21-8-4-7-20(9-10-21)17(23)13-5-2-3-6-14(13)19/h2-3,5-6,11H,4,7-10H2,1H3. The Hall–Kier alpha value is -2.81. The number of carbonyl (C=O) groups excluding carboxylic acids is 2. The highest BCUT2D eigenvalue weighted by atomic mass is 32.1. The van der Waals surface area contributed by atoms with Crippen LogP contribution in [0.2, 0.25) is 0 Å². The van der Waals surface area contributed by atoms with Crippen molar-refractivity contribution in [3.63, 3.8) is 0 Å². The lowest BCUT2D eigenvalue weighted by molar-refractivity contribution is -0.385. The van der Waals surface area contributed by atoms with Gasteiger partial charge in [-0.1, -0.05) is 12.1 Å². The van der Waals surface area contributed by atoms with E-state index in [4.69, 9.17) is 0 Å². The van der Waals surface area contributed by atoms with Gasteiger partial charge in [-0.15, -0.1) is 11.3 Å². The molecule has 1 aromatic heterocycles. The van der Waals surface area contributed by atoms with Crippen molar-refractivity contribution in [2.24, 2.45) is 0 Å². The predicted octanol–water partition coefficient (Wildman–Crippen LogP) is 3.09. The maximum absolute atomic E-state index is 13.9. The quantitative estimate of drug-likeness (QED) is 0.595. The minimum absolute atomic E-state index is 0.0155. The number of rotatable bonds is 3. The molecule has 1 aromatic carbocycles. The van der Waals surface area contributed by atoms with E-state index < -0.39 is 16.6 Å². The zero-order chi connectivity index (χ0) is 19.6. The first-order valence-corrected chi connectivity index (χ1v) is 9.28. The van der Waals surface area contributed by atoms with Gasteiger partial charge in [0.25, 0.3) is 17.5 Å². The molecule has 0 N–H and O–H groups in total. The molecular formula is C18H18FN3O4S. The molecule has 1 aliphatic rings. The molecule has 1 fully saturated rings. The van der Waals surface area contributed by atoms with E-state index >= 15 is 0 Å². The van der Waals surface area contributed by atoms with Gasteiger partial charge in [-0.3, -0.25) is 19.7 Å². The summed E-state index contributed by atoms with van der Waals surface area (Å²) in [5.41, 5.74) is -0.0451. The van der Waals surface area contributed by atoms with Gasteiger partial charge in [0.15, 0.2) is 0 Å². The van der Waals surface area contributed by atoms with E-state index in [9.17, 15) is 24.1 Å². The Labute approximate surface area is 159 Å². The minimum atomic E-state index is -0.568. The highest BCUT2D eigenvalue weighted by Gasteiger charge is 2.27. The van der Waals surface area contributed by atoms with Gasteiger partial charge in [-0.25, -0.2) is 4.39 Å². The zero-order valence-electron chi connectivity index (χ0n) is 14.7. The van der Waals surface area contributed by atoms with E-state index in [-0.39, 0.29) is 23.7 Å². The molecule has 1 aliphatic heterocycles. The van der Waals surface area contributed by atoms with E-state index in [1.807, 2.05) is 0 Å². The van der Waals surface area contributed by atoms with E-state index in [0.29, 0.717) is 35.8 Å². The summed E-state index contributed by atoms with van der Waals surface area (Å²) in [6, 6.07) is 7.12. The Morgan fingerprint density at radius 2 is 1.74 bits per heavy atom. The van der Waals surface area contributed by atoms with Crippen molar-refractivity contribution in [2.45, 2.75) is 13.3 Å². The van der Waals surface area contributed by atoms with Gasteiger partial charge >= 0.3 is 0 Å². The largest absolute Gasteiger partial charge is 0.337 e. The van der Waals surface area contributed by atoms with Gasteiger partial charge in [-0.2, -0.15) is 0 Å². The summed E-state index contributed by atoms with van der Waals surface area (Å²) < 4.78 is 13.9. The number of nitro groups is 1. The van der Waals surface area contributed by atoms with Crippen molar-refractivity contribution in [2.75, 3.05) is 26.2 Å². The molecule has 0 aliphatic carbocycles. The van der Waals surface area contributed by atoms with Crippen LogP contribution in [0.25, 0.3) is 0 Å². The predicted molar refractivity (Wildman–Crippen MR) is 98.5 cm³/mol. The molecule has 2 amide bonds. The van der Waals surface area contributed by atoms with E-state index in [1.54, 1.807) is 17.9 Å². The van der Waals surface area contributed by atoms with E-state index in [0.717, 1.165) is 11.3 Å². The third-order valence-corrected chi connectivity index (χ3v) is 5.50. The van der Waals surface area contributed by atoms with Gasteiger partial charge in [0.05, 0.1) is 20.2 Å². The van der Waals surface area contributed by atoms with Crippen LogP contribution in [0.1, 0.15) is 31.3 Å². The highest BCUT2D eigenvalue weighted by molar-refractivity contribution is 7.14. The highest BCUT2D eigenvalue weighted by Crippen LogP contribution is 2.29. The lowest BCUT2D eigenvalue weighted by Gasteiger charge is -2.22. The number of halogens is 1. The van der Waals surface area contributed by atoms with Crippen molar-refractivity contribution < 1.29 is 18.9 Å².